The quantitative estimate of drug-likeness (QED) is 0.807. The maximum absolute atomic E-state index is 11.5. The van der Waals surface area contributed by atoms with Crippen LogP contribution in [0.15, 0.2) is 18.2 Å². The third-order valence-corrected chi connectivity index (χ3v) is 5.01. The molecule has 0 fully saturated rings. The molecule has 2 rings (SSSR count). The second-order valence-electron chi connectivity index (χ2n) is 6.21. The maximum Gasteiger partial charge on any atom is 0.310 e. The first kappa shape index (κ1) is 16.0. The van der Waals surface area contributed by atoms with Gasteiger partial charge >= 0.3 is 5.97 Å². The summed E-state index contributed by atoms with van der Waals surface area (Å²) >= 11 is 0. The van der Waals surface area contributed by atoms with Crippen molar-refractivity contribution in [1.82, 2.24) is 5.32 Å². The third kappa shape index (κ3) is 3.65. The van der Waals surface area contributed by atoms with Gasteiger partial charge in [0.25, 0.3) is 0 Å². The molecule has 0 aromatic heterocycles. The lowest BCUT2D eigenvalue weighted by molar-refractivity contribution is -0.149. The fraction of sp³-hybridized carbons (Fsp3) is 0.611. The van der Waals surface area contributed by atoms with E-state index in [1.807, 2.05) is 13.8 Å². The van der Waals surface area contributed by atoms with Gasteiger partial charge in [-0.05, 0) is 55.2 Å². The lowest BCUT2D eigenvalue weighted by Crippen LogP contribution is -2.40. The molecule has 0 atom stereocenters. The van der Waals surface area contributed by atoms with E-state index in [1.165, 1.54) is 42.4 Å². The van der Waals surface area contributed by atoms with Crippen LogP contribution in [-0.2, 0) is 24.2 Å². The number of nitrogens with one attached hydrogen (secondary N) is 1. The van der Waals surface area contributed by atoms with Crippen molar-refractivity contribution >= 4 is 5.97 Å². The van der Waals surface area contributed by atoms with Crippen molar-refractivity contribution in [2.45, 2.75) is 58.9 Å². The van der Waals surface area contributed by atoms with Crippen molar-refractivity contribution in [3.63, 3.8) is 0 Å². The van der Waals surface area contributed by atoms with Gasteiger partial charge in [0.15, 0.2) is 0 Å². The summed E-state index contributed by atoms with van der Waals surface area (Å²) in [6.07, 6.45) is 6.31. The van der Waals surface area contributed by atoms with Crippen LogP contribution in [0, 0.1) is 5.41 Å². The van der Waals surface area contributed by atoms with Crippen LogP contribution in [0.5, 0.6) is 0 Å². The normalized spacial score (nSPS) is 14.8. The van der Waals surface area contributed by atoms with Crippen molar-refractivity contribution in [2.75, 3.05) is 6.54 Å². The Morgan fingerprint density at radius 2 is 1.86 bits per heavy atom. The number of carboxylic acids is 1. The van der Waals surface area contributed by atoms with Crippen LogP contribution in [0.3, 0.4) is 0 Å². The first-order chi connectivity index (χ1) is 10.1. The molecule has 0 heterocycles. The Hall–Kier alpha value is -1.35. The lowest BCUT2D eigenvalue weighted by atomic mass is 9.82. The Balaban J connectivity index is 1.95. The summed E-state index contributed by atoms with van der Waals surface area (Å²) in [5.74, 6) is -0.689. The molecular weight excluding hydrogens is 262 g/mol. The van der Waals surface area contributed by atoms with Crippen molar-refractivity contribution in [1.29, 1.82) is 0 Å². The number of benzene rings is 1. The summed E-state index contributed by atoms with van der Waals surface area (Å²) in [4.78, 5) is 11.5. The number of aliphatic carboxylic acids is 1. The van der Waals surface area contributed by atoms with Crippen LogP contribution >= 0.6 is 0 Å². The molecule has 1 aliphatic carbocycles. The van der Waals surface area contributed by atoms with Crippen LogP contribution in [0.1, 0.15) is 56.2 Å². The largest absolute Gasteiger partial charge is 0.481 e. The van der Waals surface area contributed by atoms with E-state index in [0.29, 0.717) is 19.4 Å². The summed E-state index contributed by atoms with van der Waals surface area (Å²) in [7, 11) is 0. The molecule has 3 heteroatoms. The van der Waals surface area contributed by atoms with E-state index in [4.69, 9.17) is 0 Å². The topological polar surface area (TPSA) is 49.3 Å². The first-order valence-electron chi connectivity index (χ1n) is 8.16. The minimum absolute atomic E-state index is 0.534. The number of carboxylic acid groups (broad SMARTS) is 1. The van der Waals surface area contributed by atoms with E-state index in [9.17, 15) is 9.90 Å². The molecule has 1 aromatic carbocycles. The van der Waals surface area contributed by atoms with Gasteiger partial charge in [-0.15, -0.1) is 0 Å². The molecule has 0 spiro atoms. The minimum Gasteiger partial charge on any atom is -0.481 e. The maximum atomic E-state index is 11.5. The number of hydrogen-bond donors (Lipinski definition) is 2. The Bertz CT molecular complexity index is 492. The standard InChI is InChI=1S/C18H27NO2/c1-3-18(4-2,17(20)21)13-19-12-14-9-10-15-7-5-6-8-16(15)11-14/h9-11,19H,3-8,12-13H2,1-2H3,(H,20,21). The van der Waals surface area contributed by atoms with Gasteiger partial charge in [0.2, 0.25) is 0 Å². The van der Waals surface area contributed by atoms with Crippen molar-refractivity contribution in [2.24, 2.45) is 5.41 Å². The highest BCUT2D eigenvalue weighted by molar-refractivity contribution is 5.74. The summed E-state index contributed by atoms with van der Waals surface area (Å²) in [6.45, 7) is 5.20. The van der Waals surface area contributed by atoms with Gasteiger partial charge < -0.3 is 10.4 Å². The molecule has 0 aliphatic heterocycles. The molecule has 21 heavy (non-hydrogen) atoms. The number of rotatable bonds is 7. The van der Waals surface area contributed by atoms with Crippen molar-refractivity contribution in [3.8, 4) is 0 Å². The van der Waals surface area contributed by atoms with Gasteiger partial charge in [0.1, 0.15) is 0 Å². The van der Waals surface area contributed by atoms with Gasteiger partial charge in [-0.2, -0.15) is 0 Å². The summed E-state index contributed by atoms with van der Waals surface area (Å²) in [5, 5.41) is 12.8. The van der Waals surface area contributed by atoms with E-state index in [1.54, 1.807) is 0 Å². The van der Waals surface area contributed by atoms with E-state index in [0.717, 1.165) is 6.54 Å². The van der Waals surface area contributed by atoms with E-state index in [2.05, 4.69) is 23.5 Å². The van der Waals surface area contributed by atoms with Crippen LogP contribution < -0.4 is 5.32 Å². The fourth-order valence-corrected chi connectivity index (χ4v) is 3.22. The molecule has 0 saturated carbocycles. The zero-order valence-corrected chi connectivity index (χ0v) is 13.2. The molecule has 1 aliphatic rings. The van der Waals surface area contributed by atoms with Crippen molar-refractivity contribution in [3.05, 3.63) is 34.9 Å². The van der Waals surface area contributed by atoms with Gasteiger partial charge in [-0.3, -0.25) is 4.79 Å². The second-order valence-corrected chi connectivity index (χ2v) is 6.21. The van der Waals surface area contributed by atoms with E-state index in [-0.39, 0.29) is 0 Å². The Labute approximate surface area is 127 Å². The van der Waals surface area contributed by atoms with Gasteiger partial charge in [0, 0.05) is 13.1 Å². The third-order valence-electron chi connectivity index (χ3n) is 5.01. The van der Waals surface area contributed by atoms with Gasteiger partial charge in [0.05, 0.1) is 5.41 Å². The van der Waals surface area contributed by atoms with Crippen LogP contribution in [0.2, 0.25) is 0 Å². The monoisotopic (exact) mass is 289 g/mol. The smallest absolute Gasteiger partial charge is 0.310 e. The highest BCUT2D eigenvalue weighted by Gasteiger charge is 2.34. The first-order valence-corrected chi connectivity index (χ1v) is 8.16. The Kier molecular flexibility index (Phi) is 5.40. The van der Waals surface area contributed by atoms with Gasteiger partial charge in [-0.25, -0.2) is 0 Å². The molecule has 0 saturated heterocycles. The molecule has 1 aromatic rings. The van der Waals surface area contributed by atoms with E-state index >= 15 is 0 Å². The molecular formula is C18H27NO2. The highest BCUT2D eigenvalue weighted by Crippen LogP contribution is 2.26. The fourth-order valence-electron chi connectivity index (χ4n) is 3.22. The number of aryl methyl sites for hydroxylation is 2. The average molecular weight is 289 g/mol. The molecule has 0 amide bonds. The predicted molar refractivity (Wildman–Crippen MR) is 85.4 cm³/mol. The number of carbonyl (C=O) groups is 1. The van der Waals surface area contributed by atoms with E-state index < -0.39 is 11.4 Å². The summed E-state index contributed by atoms with van der Waals surface area (Å²) < 4.78 is 0. The molecule has 2 N–H and O–H groups in total. The average Bonchev–Trinajstić information content (AvgIpc) is 2.51. The number of hydrogen-bond acceptors (Lipinski definition) is 2. The Morgan fingerprint density at radius 3 is 2.48 bits per heavy atom. The van der Waals surface area contributed by atoms with Crippen LogP contribution in [-0.4, -0.2) is 17.6 Å². The van der Waals surface area contributed by atoms with Gasteiger partial charge in [-0.1, -0.05) is 32.0 Å². The zero-order valence-electron chi connectivity index (χ0n) is 13.2. The van der Waals surface area contributed by atoms with Crippen LogP contribution in [0.4, 0.5) is 0 Å². The molecule has 0 bridgehead atoms. The Morgan fingerprint density at radius 1 is 1.19 bits per heavy atom. The minimum atomic E-state index is -0.689. The lowest BCUT2D eigenvalue weighted by Gasteiger charge is -2.27. The van der Waals surface area contributed by atoms with Crippen molar-refractivity contribution < 1.29 is 9.90 Å². The molecule has 0 radical (unpaired) electrons. The molecule has 116 valence electrons. The predicted octanol–water partition coefficient (Wildman–Crippen LogP) is 3.55. The highest BCUT2D eigenvalue weighted by atomic mass is 16.4. The SMILES string of the molecule is CCC(CC)(CNCc1ccc2c(c1)CCCC2)C(=O)O. The number of fused-ring (bicyclic) bond motifs is 1. The second kappa shape index (κ2) is 7.08. The summed E-state index contributed by atoms with van der Waals surface area (Å²) in [5.41, 5.74) is 3.61. The zero-order chi connectivity index (χ0) is 15.3. The summed E-state index contributed by atoms with van der Waals surface area (Å²) in [6, 6.07) is 6.72. The molecule has 0 unspecified atom stereocenters. The molecule has 3 nitrogen and oxygen atoms in total. The van der Waals surface area contributed by atoms with Crippen LogP contribution in [0.25, 0.3) is 0 Å².